The Morgan fingerprint density at radius 3 is 2.59 bits per heavy atom. The number of ether oxygens (including phenoxy) is 1. The molecule has 0 saturated carbocycles. The molecule has 1 aliphatic rings. The molecule has 0 radical (unpaired) electrons. The monoisotopic (exact) mass is 437 g/mol. The van der Waals surface area contributed by atoms with E-state index in [0.29, 0.717) is 24.3 Å². The van der Waals surface area contributed by atoms with Gasteiger partial charge in [0.1, 0.15) is 12.1 Å². The van der Waals surface area contributed by atoms with Crippen molar-refractivity contribution in [1.29, 1.82) is 0 Å². The second-order valence-electron chi connectivity index (χ2n) is 7.84. The van der Waals surface area contributed by atoms with Gasteiger partial charge in [0.05, 0.1) is 24.5 Å². The normalized spacial score (nSPS) is 15.1. The van der Waals surface area contributed by atoms with Gasteiger partial charge in [-0.1, -0.05) is 19.1 Å². The smallest absolute Gasteiger partial charge is 0.283 e. The number of nitrogens with zero attached hydrogens (tertiary/aromatic N) is 7. The molecular weight excluding hydrogens is 413 g/mol. The Morgan fingerprint density at radius 1 is 1.06 bits per heavy atom. The molecule has 0 aliphatic carbocycles. The molecule has 4 heterocycles. The van der Waals surface area contributed by atoms with Crippen LogP contribution in [0.5, 0.6) is 0 Å². The minimum atomic E-state index is -0.310. The highest BCUT2D eigenvalue weighted by atomic mass is 19.1. The topological polar surface area (TPSA) is 90.4 Å². The molecular formula is C22H24FN7O2. The molecule has 0 spiro atoms. The molecule has 166 valence electrons. The van der Waals surface area contributed by atoms with E-state index in [1.54, 1.807) is 27.5 Å². The van der Waals surface area contributed by atoms with Gasteiger partial charge in [0.2, 0.25) is 0 Å². The lowest BCUT2D eigenvalue weighted by Crippen LogP contribution is -2.37. The molecule has 9 nitrogen and oxygen atoms in total. The Bertz CT molecular complexity index is 1310. The lowest BCUT2D eigenvalue weighted by Gasteiger charge is -2.26. The van der Waals surface area contributed by atoms with E-state index in [4.69, 9.17) is 4.74 Å². The van der Waals surface area contributed by atoms with Gasteiger partial charge in [-0.2, -0.15) is 9.61 Å². The average molecular weight is 437 g/mol. The summed E-state index contributed by atoms with van der Waals surface area (Å²) in [5.41, 5.74) is 3.17. The first kappa shape index (κ1) is 20.7. The van der Waals surface area contributed by atoms with E-state index in [9.17, 15) is 9.18 Å². The van der Waals surface area contributed by atoms with E-state index in [1.807, 2.05) is 6.92 Å². The SMILES string of the molecule is CCc1nn2c(nnc3c(=O)n(CCCN4CCOCC4)cnc32)c1-c1ccc(F)cc1. The number of morpholine rings is 1. The molecule has 5 rings (SSSR count). The summed E-state index contributed by atoms with van der Waals surface area (Å²) in [5, 5.41) is 13.2. The molecule has 0 unspecified atom stereocenters. The molecule has 1 aliphatic heterocycles. The van der Waals surface area contributed by atoms with Crippen molar-refractivity contribution in [3.63, 3.8) is 0 Å². The van der Waals surface area contributed by atoms with E-state index in [-0.39, 0.29) is 16.9 Å². The Labute approximate surface area is 183 Å². The van der Waals surface area contributed by atoms with Gasteiger partial charge in [0.25, 0.3) is 5.56 Å². The second-order valence-corrected chi connectivity index (χ2v) is 7.84. The van der Waals surface area contributed by atoms with E-state index in [1.165, 1.54) is 12.1 Å². The highest BCUT2D eigenvalue weighted by Crippen LogP contribution is 2.28. The maximum Gasteiger partial charge on any atom is 0.283 e. The molecule has 0 bridgehead atoms. The number of aryl methyl sites for hydroxylation is 2. The molecule has 4 aromatic rings. The third-order valence-corrected chi connectivity index (χ3v) is 5.82. The first-order chi connectivity index (χ1) is 15.7. The van der Waals surface area contributed by atoms with Crippen molar-refractivity contribution < 1.29 is 9.13 Å². The molecule has 32 heavy (non-hydrogen) atoms. The number of fused-ring (bicyclic) bond motifs is 3. The standard InChI is InChI=1S/C22H24FN7O2/c1-2-17-18(15-4-6-16(23)7-5-15)20-26-25-19-21(30(20)27-17)24-14-29(22(19)31)9-3-8-28-10-12-32-13-11-28/h4-7,14H,2-3,8-13H2,1H3. The number of aromatic nitrogens is 6. The first-order valence-electron chi connectivity index (χ1n) is 10.8. The number of benzene rings is 1. The quantitative estimate of drug-likeness (QED) is 0.455. The second kappa shape index (κ2) is 8.71. The minimum absolute atomic E-state index is 0.183. The molecule has 1 fully saturated rings. The van der Waals surface area contributed by atoms with Crippen LogP contribution in [0.4, 0.5) is 4.39 Å². The van der Waals surface area contributed by atoms with Crippen LogP contribution in [0.2, 0.25) is 0 Å². The largest absolute Gasteiger partial charge is 0.379 e. The van der Waals surface area contributed by atoms with Crippen molar-refractivity contribution in [2.75, 3.05) is 32.8 Å². The van der Waals surface area contributed by atoms with Crippen LogP contribution in [0.3, 0.4) is 0 Å². The lowest BCUT2D eigenvalue weighted by atomic mass is 10.0. The fraction of sp³-hybridized carbons (Fsp3) is 0.409. The van der Waals surface area contributed by atoms with Gasteiger partial charge in [-0.3, -0.25) is 14.3 Å². The third kappa shape index (κ3) is 3.76. The zero-order valence-electron chi connectivity index (χ0n) is 17.9. The summed E-state index contributed by atoms with van der Waals surface area (Å²) in [4.78, 5) is 19.9. The van der Waals surface area contributed by atoms with Crippen LogP contribution in [-0.4, -0.2) is 67.1 Å². The van der Waals surface area contributed by atoms with Gasteiger partial charge in [-0.15, -0.1) is 10.2 Å². The fourth-order valence-corrected chi connectivity index (χ4v) is 4.11. The summed E-state index contributed by atoms with van der Waals surface area (Å²) in [6.45, 7) is 6.80. The number of halogens is 1. The fourth-order valence-electron chi connectivity index (χ4n) is 4.11. The molecule has 1 saturated heterocycles. The van der Waals surface area contributed by atoms with Crippen molar-refractivity contribution in [3.8, 4) is 11.1 Å². The highest BCUT2D eigenvalue weighted by molar-refractivity contribution is 5.83. The zero-order valence-corrected chi connectivity index (χ0v) is 17.9. The van der Waals surface area contributed by atoms with Gasteiger partial charge in [0.15, 0.2) is 16.8 Å². The molecule has 1 aromatic carbocycles. The van der Waals surface area contributed by atoms with Crippen LogP contribution >= 0.6 is 0 Å². The predicted octanol–water partition coefficient (Wildman–Crippen LogP) is 1.92. The molecule has 3 aromatic heterocycles. The molecule has 10 heteroatoms. The lowest BCUT2D eigenvalue weighted by molar-refractivity contribution is 0.0369. The van der Waals surface area contributed by atoms with Gasteiger partial charge >= 0.3 is 0 Å². The van der Waals surface area contributed by atoms with E-state index < -0.39 is 0 Å². The van der Waals surface area contributed by atoms with Crippen molar-refractivity contribution in [1.82, 2.24) is 34.3 Å². The van der Waals surface area contributed by atoms with Crippen molar-refractivity contribution in [2.24, 2.45) is 0 Å². The summed E-state index contributed by atoms with van der Waals surface area (Å²) in [6, 6.07) is 6.19. The number of hydrogen-bond acceptors (Lipinski definition) is 7. The van der Waals surface area contributed by atoms with Crippen LogP contribution in [0.15, 0.2) is 35.4 Å². The van der Waals surface area contributed by atoms with Crippen molar-refractivity contribution in [3.05, 3.63) is 52.5 Å². The Hall–Kier alpha value is -3.24. The number of rotatable bonds is 6. The predicted molar refractivity (Wildman–Crippen MR) is 117 cm³/mol. The molecule has 0 amide bonds. The maximum absolute atomic E-state index is 13.4. The Morgan fingerprint density at radius 2 is 1.84 bits per heavy atom. The Balaban J connectivity index is 1.49. The molecule has 0 N–H and O–H groups in total. The summed E-state index contributed by atoms with van der Waals surface area (Å²) < 4.78 is 21.9. The van der Waals surface area contributed by atoms with Crippen LogP contribution in [0, 0.1) is 5.82 Å². The minimum Gasteiger partial charge on any atom is -0.379 e. The summed E-state index contributed by atoms with van der Waals surface area (Å²) in [5.74, 6) is -0.310. The van der Waals surface area contributed by atoms with E-state index in [0.717, 1.165) is 56.1 Å². The summed E-state index contributed by atoms with van der Waals surface area (Å²) in [6.07, 6.45) is 3.03. The zero-order chi connectivity index (χ0) is 22.1. The van der Waals surface area contributed by atoms with Gasteiger partial charge in [-0.05, 0) is 30.5 Å². The third-order valence-electron chi connectivity index (χ3n) is 5.82. The van der Waals surface area contributed by atoms with Crippen LogP contribution < -0.4 is 5.56 Å². The van der Waals surface area contributed by atoms with Gasteiger partial charge in [-0.25, -0.2) is 9.37 Å². The first-order valence-corrected chi connectivity index (χ1v) is 10.8. The van der Waals surface area contributed by atoms with E-state index >= 15 is 0 Å². The van der Waals surface area contributed by atoms with Crippen molar-refractivity contribution in [2.45, 2.75) is 26.3 Å². The van der Waals surface area contributed by atoms with Crippen molar-refractivity contribution >= 4 is 16.8 Å². The van der Waals surface area contributed by atoms with Crippen LogP contribution in [-0.2, 0) is 17.7 Å². The van der Waals surface area contributed by atoms with Crippen LogP contribution in [0.1, 0.15) is 19.0 Å². The molecule has 0 atom stereocenters. The van der Waals surface area contributed by atoms with Gasteiger partial charge < -0.3 is 4.74 Å². The maximum atomic E-state index is 13.4. The highest BCUT2D eigenvalue weighted by Gasteiger charge is 2.19. The average Bonchev–Trinajstić information content (AvgIpc) is 3.21. The van der Waals surface area contributed by atoms with E-state index in [2.05, 4.69) is 25.2 Å². The summed E-state index contributed by atoms with van der Waals surface area (Å²) >= 11 is 0. The van der Waals surface area contributed by atoms with Gasteiger partial charge in [0, 0.05) is 26.2 Å². The summed E-state index contributed by atoms with van der Waals surface area (Å²) in [7, 11) is 0. The van der Waals surface area contributed by atoms with Crippen LogP contribution in [0.25, 0.3) is 27.9 Å². The Kier molecular flexibility index (Phi) is 5.62. The number of hydrogen-bond donors (Lipinski definition) is 0.